The molecule has 2 aliphatic rings. The molecule has 1 saturated carbocycles. The van der Waals surface area contributed by atoms with Crippen LogP contribution in [0.4, 0.5) is 13.2 Å². The highest BCUT2D eigenvalue weighted by molar-refractivity contribution is 7.88. The molecule has 3 rings (SSSR count). The fraction of sp³-hybridized carbons (Fsp3) is 0.538. The van der Waals surface area contributed by atoms with Gasteiger partial charge < -0.3 is 4.18 Å². The van der Waals surface area contributed by atoms with E-state index in [1.54, 1.807) is 6.07 Å². The van der Waals surface area contributed by atoms with E-state index in [9.17, 15) is 21.6 Å². The Bertz CT molecular complexity index is 673. The Hall–Kier alpha value is -1.24. The van der Waals surface area contributed by atoms with Crippen molar-refractivity contribution in [1.29, 1.82) is 0 Å². The molecule has 7 heteroatoms. The smallest absolute Gasteiger partial charge is 0.376 e. The summed E-state index contributed by atoms with van der Waals surface area (Å²) in [6.07, 6.45) is 3.48. The van der Waals surface area contributed by atoms with Gasteiger partial charge in [0.25, 0.3) is 0 Å². The second-order valence-corrected chi connectivity index (χ2v) is 7.21. The molecule has 0 aromatic heterocycles. The molecule has 1 fully saturated rings. The Kier molecular flexibility index (Phi) is 2.68. The van der Waals surface area contributed by atoms with Crippen LogP contribution in [0.5, 0.6) is 5.75 Å². The van der Waals surface area contributed by atoms with Gasteiger partial charge in [-0.2, -0.15) is 21.6 Å². The fourth-order valence-corrected chi connectivity index (χ4v) is 3.30. The van der Waals surface area contributed by atoms with E-state index in [1.807, 2.05) is 6.92 Å². The predicted octanol–water partition coefficient (Wildman–Crippen LogP) is 3.10. The molecule has 1 aromatic carbocycles. The lowest BCUT2D eigenvalue weighted by atomic mass is 10.0. The molecule has 0 saturated heterocycles. The summed E-state index contributed by atoms with van der Waals surface area (Å²) in [5, 5.41) is 0. The molecule has 1 aromatic rings. The summed E-state index contributed by atoms with van der Waals surface area (Å²) in [7, 11) is -5.60. The Balaban J connectivity index is 1.99. The molecule has 0 unspecified atom stereocenters. The molecule has 0 amide bonds. The normalized spacial score (nSPS) is 20.0. The molecule has 0 heterocycles. The predicted molar refractivity (Wildman–Crippen MR) is 65.9 cm³/mol. The van der Waals surface area contributed by atoms with E-state index in [1.165, 1.54) is 6.07 Å². The summed E-state index contributed by atoms with van der Waals surface area (Å²) >= 11 is 0. The fourth-order valence-electron chi connectivity index (χ4n) is 2.81. The summed E-state index contributed by atoms with van der Waals surface area (Å²) in [5.41, 5.74) is -2.73. The van der Waals surface area contributed by atoms with Crippen LogP contribution in [-0.4, -0.2) is 13.9 Å². The van der Waals surface area contributed by atoms with Crippen molar-refractivity contribution in [3.05, 3.63) is 28.8 Å². The second kappa shape index (κ2) is 3.90. The van der Waals surface area contributed by atoms with Gasteiger partial charge in [0.1, 0.15) is 5.75 Å². The maximum atomic E-state index is 12.4. The van der Waals surface area contributed by atoms with Gasteiger partial charge in [0.05, 0.1) is 0 Å². The van der Waals surface area contributed by atoms with Gasteiger partial charge in [-0.3, -0.25) is 0 Å². The molecule has 0 atom stereocenters. The third-order valence-electron chi connectivity index (χ3n) is 4.17. The van der Waals surface area contributed by atoms with Gasteiger partial charge in [0, 0.05) is 0 Å². The van der Waals surface area contributed by atoms with Crippen molar-refractivity contribution < 1.29 is 25.8 Å². The van der Waals surface area contributed by atoms with Crippen molar-refractivity contribution in [3.63, 3.8) is 0 Å². The lowest BCUT2D eigenvalue weighted by Crippen LogP contribution is -2.28. The third kappa shape index (κ3) is 2.08. The Morgan fingerprint density at radius 2 is 1.75 bits per heavy atom. The lowest BCUT2D eigenvalue weighted by Gasteiger charge is -2.13. The SMILES string of the molecule is Cc1ccc(OS(=O)(=O)C(F)(F)F)c2c1CC1(CC1)C2. The molecule has 0 bridgehead atoms. The van der Waals surface area contributed by atoms with Crippen molar-refractivity contribution in [2.24, 2.45) is 5.41 Å². The van der Waals surface area contributed by atoms with Crippen molar-refractivity contribution in [1.82, 2.24) is 0 Å². The first-order valence-electron chi connectivity index (χ1n) is 6.26. The first-order chi connectivity index (χ1) is 9.14. The number of alkyl halides is 3. The Morgan fingerprint density at radius 3 is 2.30 bits per heavy atom. The van der Waals surface area contributed by atoms with E-state index >= 15 is 0 Å². The van der Waals surface area contributed by atoms with Crippen molar-refractivity contribution >= 4 is 10.1 Å². The average molecular weight is 306 g/mol. The molecule has 0 radical (unpaired) electrons. The van der Waals surface area contributed by atoms with Gasteiger partial charge in [-0.1, -0.05) is 6.07 Å². The van der Waals surface area contributed by atoms with Gasteiger partial charge in [0.15, 0.2) is 0 Å². The van der Waals surface area contributed by atoms with Crippen LogP contribution in [0.2, 0.25) is 0 Å². The van der Waals surface area contributed by atoms with Gasteiger partial charge in [-0.15, -0.1) is 0 Å². The van der Waals surface area contributed by atoms with Crippen LogP contribution in [-0.2, 0) is 23.0 Å². The van der Waals surface area contributed by atoms with Crippen LogP contribution in [0, 0.1) is 12.3 Å². The van der Waals surface area contributed by atoms with Gasteiger partial charge in [0.2, 0.25) is 0 Å². The van der Waals surface area contributed by atoms with E-state index in [4.69, 9.17) is 0 Å². The average Bonchev–Trinajstić information content (AvgIpc) is 2.91. The van der Waals surface area contributed by atoms with Crippen molar-refractivity contribution in [2.75, 3.05) is 0 Å². The van der Waals surface area contributed by atoms with E-state index in [2.05, 4.69) is 4.18 Å². The molecular weight excluding hydrogens is 293 g/mol. The minimum atomic E-state index is -5.60. The van der Waals surface area contributed by atoms with Gasteiger partial charge in [-0.25, -0.2) is 0 Å². The van der Waals surface area contributed by atoms with Crippen molar-refractivity contribution in [3.8, 4) is 5.75 Å². The van der Waals surface area contributed by atoms with E-state index < -0.39 is 15.6 Å². The highest BCUT2D eigenvalue weighted by atomic mass is 32.2. The number of rotatable bonds is 2. The summed E-state index contributed by atoms with van der Waals surface area (Å²) < 4.78 is 63.8. The van der Waals surface area contributed by atoms with Crippen molar-refractivity contribution in [2.45, 2.75) is 38.1 Å². The maximum absolute atomic E-state index is 12.4. The zero-order valence-corrected chi connectivity index (χ0v) is 11.6. The lowest BCUT2D eigenvalue weighted by molar-refractivity contribution is -0.0500. The standard InChI is InChI=1S/C13H13F3O3S/c1-8-2-3-11(19-20(17,18)13(14,15)16)10-7-12(4-5-12)6-9(8)10/h2-3H,4-7H2,1H3. The molecular formula is C13H13F3O3S. The maximum Gasteiger partial charge on any atom is 0.534 e. The zero-order chi connectivity index (χ0) is 14.8. The van der Waals surface area contributed by atoms with Crippen LogP contribution in [0.1, 0.15) is 29.5 Å². The van der Waals surface area contributed by atoms with Gasteiger partial charge in [-0.05, 0) is 60.8 Å². The zero-order valence-electron chi connectivity index (χ0n) is 10.8. The minimum Gasteiger partial charge on any atom is -0.376 e. The first-order valence-corrected chi connectivity index (χ1v) is 7.67. The molecule has 1 spiro atoms. The topological polar surface area (TPSA) is 43.4 Å². The Morgan fingerprint density at radius 1 is 1.15 bits per heavy atom. The Labute approximate surface area is 114 Å². The third-order valence-corrected chi connectivity index (χ3v) is 5.13. The highest BCUT2D eigenvalue weighted by Gasteiger charge is 2.51. The number of hydrogen-bond donors (Lipinski definition) is 0. The van der Waals surface area contributed by atoms with Gasteiger partial charge >= 0.3 is 15.6 Å². The summed E-state index contributed by atoms with van der Waals surface area (Å²) in [6, 6.07) is 2.93. The molecule has 3 nitrogen and oxygen atoms in total. The quantitative estimate of drug-likeness (QED) is 0.623. The van der Waals surface area contributed by atoms with Crippen LogP contribution < -0.4 is 4.18 Å². The number of fused-ring (bicyclic) bond motifs is 1. The molecule has 0 aliphatic heterocycles. The first kappa shape index (κ1) is 13.7. The minimum absolute atomic E-state index is 0.133. The second-order valence-electron chi connectivity index (χ2n) is 5.67. The van der Waals surface area contributed by atoms with E-state index in [0.717, 1.165) is 30.4 Å². The van der Waals surface area contributed by atoms with E-state index in [-0.39, 0.29) is 11.2 Å². The highest BCUT2D eigenvalue weighted by Crippen LogP contribution is 2.57. The monoisotopic (exact) mass is 306 g/mol. The van der Waals surface area contributed by atoms with Crippen LogP contribution in [0.15, 0.2) is 12.1 Å². The van der Waals surface area contributed by atoms with Crippen LogP contribution in [0.25, 0.3) is 0 Å². The molecule has 2 aliphatic carbocycles. The summed E-state index contributed by atoms with van der Waals surface area (Å²) in [5.74, 6) is -0.174. The summed E-state index contributed by atoms with van der Waals surface area (Å²) in [4.78, 5) is 0. The van der Waals surface area contributed by atoms with Crippen LogP contribution in [0.3, 0.4) is 0 Å². The number of halogens is 3. The molecule has 0 N–H and O–H groups in total. The number of benzene rings is 1. The van der Waals surface area contributed by atoms with Crippen LogP contribution >= 0.6 is 0 Å². The summed E-state index contributed by atoms with van der Waals surface area (Å²) in [6.45, 7) is 1.88. The number of hydrogen-bond acceptors (Lipinski definition) is 3. The molecule has 110 valence electrons. The largest absolute Gasteiger partial charge is 0.534 e. The number of aryl methyl sites for hydroxylation is 1. The van der Waals surface area contributed by atoms with E-state index in [0.29, 0.717) is 12.0 Å². The molecule has 20 heavy (non-hydrogen) atoms.